The van der Waals surface area contributed by atoms with Crippen molar-refractivity contribution in [3.05, 3.63) is 35.9 Å². The van der Waals surface area contributed by atoms with Gasteiger partial charge >= 0.3 is 0 Å². The number of nitrogens with zero attached hydrogens (tertiary/aromatic N) is 1. The zero-order valence-electron chi connectivity index (χ0n) is 9.60. The number of benzene rings is 1. The van der Waals surface area contributed by atoms with Crippen LogP contribution in [0.1, 0.15) is 31.4 Å². The van der Waals surface area contributed by atoms with Crippen LogP contribution in [0.25, 0.3) is 0 Å². The molecule has 0 aromatic heterocycles. The SMILES string of the molecule is CC(c1ccccc1)N1CC2CCC2C1=O. The molecule has 1 heterocycles. The van der Waals surface area contributed by atoms with Crippen LogP contribution >= 0.6 is 0 Å². The lowest BCUT2D eigenvalue weighted by molar-refractivity contribution is -0.134. The van der Waals surface area contributed by atoms with E-state index in [0.29, 0.717) is 17.7 Å². The van der Waals surface area contributed by atoms with Gasteiger partial charge in [0.2, 0.25) is 5.91 Å². The number of carbonyl (C=O) groups excluding carboxylic acids is 1. The lowest BCUT2D eigenvalue weighted by atomic mass is 9.76. The van der Waals surface area contributed by atoms with Gasteiger partial charge in [-0.25, -0.2) is 0 Å². The summed E-state index contributed by atoms with van der Waals surface area (Å²) in [7, 11) is 0. The largest absolute Gasteiger partial charge is 0.335 e. The molecule has 1 saturated heterocycles. The van der Waals surface area contributed by atoms with Gasteiger partial charge in [-0.05, 0) is 31.2 Å². The Kier molecular flexibility index (Phi) is 2.23. The molecule has 1 aromatic rings. The third kappa shape index (κ3) is 1.36. The van der Waals surface area contributed by atoms with Gasteiger partial charge in [0.25, 0.3) is 0 Å². The average Bonchev–Trinajstić information content (AvgIpc) is 2.49. The van der Waals surface area contributed by atoms with Crippen LogP contribution in [0.5, 0.6) is 0 Å². The first-order chi connectivity index (χ1) is 7.77. The summed E-state index contributed by atoms with van der Waals surface area (Å²) in [6.07, 6.45) is 2.36. The van der Waals surface area contributed by atoms with Crippen molar-refractivity contribution < 1.29 is 4.79 Å². The van der Waals surface area contributed by atoms with Gasteiger partial charge in [0.15, 0.2) is 0 Å². The van der Waals surface area contributed by atoms with Crippen molar-refractivity contribution in [2.24, 2.45) is 11.8 Å². The van der Waals surface area contributed by atoms with E-state index in [0.717, 1.165) is 13.0 Å². The Hall–Kier alpha value is -1.31. The number of fused-ring (bicyclic) bond motifs is 1. The van der Waals surface area contributed by atoms with Crippen LogP contribution in [0.4, 0.5) is 0 Å². The Balaban J connectivity index is 1.81. The molecule has 0 spiro atoms. The van der Waals surface area contributed by atoms with E-state index in [9.17, 15) is 4.79 Å². The van der Waals surface area contributed by atoms with Crippen molar-refractivity contribution >= 4 is 5.91 Å². The minimum absolute atomic E-state index is 0.235. The minimum Gasteiger partial charge on any atom is -0.335 e. The molecule has 84 valence electrons. The van der Waals surface area contributed by atoms with E-state index in [1.807, 2.05) is 18.2 Å². The summed E-state index contributed by atoms with van der Waals surface area (Å²) in [5.41, 5.74) is 1.25. The van der Waals surface area contributed by atoms with Gasteiger partial charge in [-0.2, -0.15) is 0 Å². The molecule has 0 N–H and O–H groups in total. The maximum absolute atomic E-state index is 12.1. The average molecular weight is 215 g/mol. The van der Waals surface area contributed by atoms with E-state index >= 15 is 0 Å². The Labute approximate surface area is 96.3 Å². The van der Waals surface area contributed by atoms with Gasteiger partial charge in [0.1, 0.15) is 0 Å². The van der Waals surface area contributed by atoms with E-state index in [1.54, 1.807) is 0 Å². The lowest BCUT2D eigenvalue weighted by Crippen LogP contribution is -2.30. The van der Waals surface area contributed by atoms with Gasteiger partial charge < -0.3 is 4.90 Å². The zero-order chi connectivity index (χ0) is 11.1. The molecule has 1 aliphatic heterocycles. The molecule has 1 amide bonds. The van der Waals surface area contributed by atoms with Gasteiger partial charge in [0, 0.05) is 12.5 Å². The second kappa shape index (κ2) is 3.62. The number of rotatable bonds is 2. The second-order valence-corrected chi connectivity index (χ2v) is 5.02. The second-order valence-electron chi connectivity index (χ2n) is 5.02. The van der Waals surface area contributed by atoms with E-state index in [-0.39, 0.29) is 6.04 Å². The van der Waals surface area contributed by atoms with Crippen LogP contribution in [-0.2, 0) is 4.79 Å². The molecule has 2 fully saturated rings. The normalized spacial score (nSPS) is 29.8. The standard InChI is InChI=1S/C14H17NO/c1-10(11-5-3-2-4-6-11)15-9-12-7-8-13(12)14(15)16/h2-6,10,12-13H,7-9H2,1H3. The molecule has 3 atom stereocenters. The molecule has 0 radical (unpaired) electrons. The molecule has 3 unspecified atom stereocenters. The molecular weight excluding hydrogens is 198 g/mol. The molecule has 3 rings (SSSR count). The highest BCUT2D eigenvalue weighted by atomic mass is 16.2. The van der Waals surface area contributed by atoms with Gasteiger partial charge in [-0.1, -0.05) is 30.3 Å². The maximum Gasteiger partial charge on any atom is 0.226 e. The Bertz CT molecular complexity index is 400. The van der Waals surface area contributed by atoms with E-state index in [4.69, 9.17) is 0 Å². The lowest BCUT2D eigenvalue weighted by Gasteiger charge is -2.25. The Morgan fingerprint density at radius 1 is 1.25 bits per heavy atom. The third-order valence-electron chi connectivity index (χ3n) is 4.20. The smallest absolute Gasteiger partial charge is 0.226 e. The van der Waals surface area contributed by atoms with E-state index in [1.165, 1.54) is 12.0 Å². The quantitative estimate of drug-likeness (QED) is 0.742. The van der Waals surface area contributed by atoms with Crippen molar-refractivity contribution in [1.29, 1.82) is 0 Å². The van der Waals surface area contributed by atoms with E-state index < -0.39 is 0 Å². The molecule has 1 saturated carbocycles. The van der Waals surface area contributed by atoms with Crippen LogP contribution in [-0.4, -0.2) is 17.4 Å². The fraction of sp³-hybridized carbons (Fsp3) is 0.500. The van der Waals surface area contributed by atoms with Crippen molar-refractivity contribution in [3.8, 4) is 0 Å². The van der Waals surface area contributed by atoms with Crippen molar-refractivity contribution in [2.75, 3.05) is 6.54 Å². The van der Waals surface area contributed by atoms with Gasteiger partial charge in [-0.15, -0.1) is 0 Å². The molecule has 0 bridgehead atoms. The van der Waals surface area contributed by atoms with Crippen LogP contribution in [0.2, 0.25) is 0 Å². The zero-order valence-corrected chi connectivity index (χ0v) is 9.60. The first kappa shape index (κ1) is 9.88. The highest BCUT2D eigenvalue weighted by Gasteiger charge is 2.47. The van der Waals surface area contributed by atoms with Crippen molar-refractivity contribution in [1.82, 2.24) is 4.90 Å². The minimum atomic E-state index is 0.235. The predicted molar refractivity (Wildman–Crippen MR) is 62.8 cm³/mol. The van der Waals surface area contributed by atoms with Crippen molar-refractivity contribution in [2.45, 2.75) is 25.8 Å². The number of hydrogen-bond donors (Lipinski definition) is 0. The molecule has 2 heteroatoms. The summed E-state index contributed by atoms with van der Waals surface area (Å²) < 4.78 is 0. The van der Waals surface area contributed by atoms with Crippen molar-refractivity contribution in [3.63, 3.8) is 0 Å². The number of carbonyl (C=O) groups is 1. The summed E-state index contributed by atoms with van der Waals surface area (Å²) in [6, 6.07) is 10.6. The molecular formula is C14H17NO. The topological polar surface area (TPSA) is 20.3 Å². The number of likely N-dealkylation sites (tertiary alicyclic amines) is 1. The van der Waals surface area contributed by atoms with Gasteiger partial charge in [0.05, 0.1) is 6.04 Å². The Morgan fingerprint density at radius 3 is 2.50 bits per heavy atom. The molecule has 16 heavy (non-hydrogen) atoms. The Morgan fingerprint density at radius 2 is 2.00 bits per heavy atom. The summed E-state index contributed by atoms with van der Waals surface area (Å²) in [4.78, 5) is 14.2. The highest BCUT2D eigenvalue weighted by molar-refractivity contribution is 5.82. The predicted octanol–water partition coefficient (Wildman–Crippen LogP) is 2.62. The van der Waals surface area contributed by atoms with Crippen LogP contribution in [0.15, 0.2) is 30.3 Å². The first-order valence-corrected chi connectivity index (χ1v) is 6.13. The molecule has 1 aliphatic carbocycles. The van der Waals surface area contributed by atoms with Crippen LogP contribution in [0, 0.1) is 11.8 Å². The van der Waals surface area contributed by atoms with Gasteiger partial charge in [-0.3, -0.25) is 4.79 Å². The summed E-state index contributed by atoms with van der Waals surface area (Å²) in [5, 5.41) is 0. The molecule has 2 nitrogen and oxygen atoms in total. The monoisotopic (exact) mass is 215 g/mol. The summed E-state index contributed by atoms with van der Waals surface area (Å²) >= 11 is 0. The summed E-state index contributed by atoms with van der Waals surface area (Å²) in [5.74, 6) is 1.39. The number of amides is 1. The van der Waals surface area contributed by atoms with E-state index in [2.05, 4.69) is 24.0 Å². The fourth-order valence-electron chi connectivity index (χ4n) is 2.93. The fourth-order valence-corrected chi connectivity index (χ4v) is 2.93. The molecule has 1 aromatic carbocycles. The molecule has 2 aliphatic rings. The van der Waals surface area contributed by atoms with Crippen LogP contribution < -0.4 is 0 Å². The third-order valence-corrected chi connectivity index (χ3v) is 4.20. The number of hydrogen-bond acceptors (Lipinski definition) is 1. The van der Waals surface area contributed by atoms with Crippen LogP contribution in [0.3, 0.4) is 0 Å². The summed E-state index contributed by atoms with van der Waals surface area (Å²) in [6.45, 7) is 3.11. The maximum atomic E-state index is 12.1. The first-order valence-electron chi connectivity index (χ1n) is 6.13. The highest BCUT2D eigenvalue weighted by Crippen LogP contribution is 2.44.